The van der Waals surface area contributed by atoms with Gasteiger partial charge in [0.15, 0.2) is 0 Å². The molecule has 0 aliphatic carbocycles. The zero-order valence-corrected chi connectivity index (χ0v) is 7.67. The molecule has 0 spiro atoms. The number of aliphatic hydroxyl groups is 1. The molecular weight excluding hydrogens is 184 g/mol. The third-order valence-electron chi connectivity index (χ3n) is 2.02. The second-order valence-corrected chi connectivity index (χ2v) is 3.72. The lowest BCUT2D eigenvalue weighted by Crippen LogP contribution is -2.06. The van der Waals surface area contributed by atoms with E-state index in [9.17, 15) is 4.79 Å². The average Bonchev–Trinajstić information content (AvgIpc) is 2.18. The molecule has 0 aromatic heterocycles. The van der Waals surface area contributed by atoms with E-state index in [4.69, 9.17) is 5.11 Å². The SMILES string of the molecule is O=C1SCc2ccccc2/C1=C/O. The summed E-state index contributed by atoms with van der Waals surface area (Å²) in [6, 6.07) is 7.63. The lowest BCUT2D eigenvalue weighted by Gasteiger charge is -2.15. The summed E-state index contributed by atoms with van der Waals surface area (Å²) in [6.07, 6.45) is 0.896. The molecule has 1 aromatic rings. The van der Waals surface area contributed by atoms with Crippen molar-refractivity contribution in [2.75, 3.05) is 0 Å². The Bertz CT molecular complexity index is 382. The van der Waals surface area contributed by atoms with Crippen LogP contribution >= 0.6 is 11.8 Å². The molecule has 2 rings (SSSR count). The van der Waals surface area contributed by atoms with Gasteiger partial charge in [-0.15, -0.1) is 0 Å². The smallest absolute Gasteiger partial charge is 0.223 e. The van der Waals surface area contributed by atoms with Crippen molar-refractivity contribution in [1.82, 2.24) is 0 Å². The minimum absolute atomic E-state index is 0.0544. The molecular formula is C10H8O2S. The normalized spacial score (nSPS) is 18.8. The standard InChI is InChI=1S/C10H8O2S/c11-5-9-8-4-2-1-3-7(8)6-13-10(9)12/h1-5,11H,6H2/b9-5-. The predicted octanol–water partition coefficient (Wildman–Crippen LogP) is 2.36. The third kappa shape index (κ3) is 1.35. The van der Waals surface area contributed by atoms with Crippen LogP contribution in [0, 0.1) is 0 Å². The zero-order valence-electron chi connectivity index (χ0n) is 6.86. The highest BCUT2D eigenvalue weighted by molar-refractivity contribution is 8.14. The molecule has 1 aromatic carbocycles. The number of carbonyl (C=O) groups is 1. The number of thioether (sulfide) groups is 1. The molecule has 0 amide bonds. The van der Waals surface area contributed by atoms with E-state index < -0.39 is 0 Å². The van der Waals surface area contributed by atoms with Gasteiger partial charge in [0.25, 0.3) is 0 Å². The summed E-state index contributed by atoms with van der Waals surface area (Å²) in [4.78, 5) is 11.3. The maximum Gasteiger partial charge on any atom is 0.223 e. The van der Waals surface area contributed by atoms with Gasteiger partial charge in [-0.25, -0.2) is 0 Å². The van der Waals surface area contributed by atoms with E-state index in [1.807, 2.05) is 24.3 Å². The topological polar surface area (TPSA) is 37.3 Å². The summed E-state index contributed by atoms with van der Waals surface area (Å²) in [5.41, 5.74) is 2.37. The monoisotopic (exact) mass is 192 g/mol. The number of hydrogen-bond acceptors (Lipinski definition) is 3. The predicted molar refractivity (Wildman–Crippen MR) is 53.3 cm³/mol. The number of carbonyl (C=O) groups excluding carboxylic acids is 1. The second kappa shape index (κ2) is 3.26. The number of hydrogen-bond donors (Lipinski definition) is 1. The van der Waals surface area contributed by atoms with Gasteiger partial charge in [-0.2, -0.15) is 0 Å². The van der Waals surface area contributed by atoms with E-state index in [0.29, 0.717) is 11.3 Å². The van der Waals surface area contributed by atoms with Crippen molar-refractivity contribution in [3.63, 3.8) is 0 Å². The molecule has 13 heavy (non-hydrogen) atoms. The van der Waals surface area contributed by atoms with Gasteiger partial charge in [0.1, 0.15) is 0 Å². The van der Waals surface area contributed by atoms with Crippen molar-refractivity contribution >= 4 is 22.5 Å². The molecule has 0 saturated heterocycles. The largest absolute Gasteiger partial charge is 0.515 e. The van der Waals surface area contributed by atoms with E-state index in [2.05, 4.69) is 0 Å². The Morgan fingerprint density at radius 1 is 1.38 bits per heavy atom. The Morgan fingerprint density at radius 2 is 2.15 bits per heavy atom. The number of fused-ring (bicyclic) bond motifs is 1. The molecule has 1 N–H and O–H groups in total. The molecule has 1 heterocycles. The fourth-order valence-electron chi connectivity index (χ4n) is 1.36. The van der Waals surface area contributed by atoms with Crippen LogP contribution in [0.1, 0.15) is 11.1 Å². The lowest BCUT2D eigenvalue weighted by molar-refractivity contribution is -0.106. The molecule has 0 saturated carbocycles. The van der Waals surface area contributed by atoms with Crippen molar-refractivity contribution in [3.8, 4) is 0 Å². The van der Waals surface area contributed by atoms with E-state index in [0.717, 1.165) is 17.4 Å². The Morgan fingerprint density at radius 3 is 2.92 bits per heavy atom. The summed E-state index contributed by atoms with van der Waals surface area (Å²) in [5.74, 6) is 0.701. The number of aliphatic hydroxyl groups excluding tert-OH is 1. The first-order valence-corrected chi connectivity index (χ1v) is 4.91. The van der Waals surface area contributed by atoms with Crippen molar-refractivity contribution in [2.24, 2.45) is 0 Å². The number of benzene rings is 1. The summed E-state index contributed by atoms with van der Waals surface area (Å²) < 4.78 is 0. The average molecular weight is 192 g/mol. The van der Waals surface area contributed by atoms with Crippen LogP contribution < -0.4 is 0 Å². The van der Waals surface area contributed by atoms with Gasteiger partial charge < -0.3 is 5.11 Å². The van der Waals surface area contributed by atoms with Crippen molar-refractivity contribution in [1.29, 1.82) is 0 Å². The molecule has 2 nitrogen and oxygen atoms in total. The Hall–Kier alpha value is -1.22. The van der Waals surface area contributed by atoms with E-state index in [1.54, 1.807) is 0 Å². The van der Waals surface area contributed by atoms with Crippen LogP contribution in [0.15, 0.2) is 30.5 Å². The molecule has 1 aliphatic heterocycles. The first-order chi connectivity index (χ1) is 6.33. The van der Waals surface area contributed by atoms with Crippen LogP contribution in [0.5, 0.6) is 0 Å². The Labute approximate surface area is 80.3 Å². The third-order valence-corrected chi connectivity index (χ3v) is 2.95. The van der Waals surface area contributed by atoms with E-state index >= 15 is 0 Å². The molecule has 1 aliphatic rings. The summed E-state index contributed by atoms with van der Waals surface area (Å²) >= 11 is 1.23. The van der Waals surface area contributed by atoms with Crippen molar-refractivity contribution in [2.45, 2.75) is 5.75 Å². The summed E-state index contributed by atoms with van der Waals surface area (Å²) in [6.45, 7) is 0. The minimum Gasteiger partial charge on any atom is -0.515 e. The van der Waals surface area contributed by atoms with Gasteiger partial charge in [0.2, 0.25) is 5.12 Å². The second-order valence-electron chi connectivity index (χ2n) is 2.78. The first-order valence-electron chi connectivity index (χ1n) is 3.92. The Balaban J connectivity index is 2.58. The highest BCUT2D eigenvalue weighted by atomic mass is 32.2. The molecule has 66 valence electrons. The highest BCUT2D eigenvalue weighted by Gasteiger charge is 2.21. The van der Waals surface area contributed by atoms with Gasteiger partial charge in [-0.1, -0.05) is 36.0 Å². The van der Waals surface area contributed by atoms with Gasteiger partial charge in [-0.05, 0) is 11.1 Å². The van der Waals surface area contributed by atoms with Crippen molar-refractivity contribution < 1.29 is 9.90 Å². The van der Waals surface area contributed by atoms with Gasteiger partial charge in [-0.3, -0.25) is 4.79 Å². The van der Waals surface area contributed by atoms with Gasteiger partial charge in [0.05, 0.1) is 11.8 Å². The highest BCUT2D eigenvalue weighted by Crippen LogP contribution is 2.32. The molecule has 0 unspecified atom stereocenters. The molecule has 3 heteroatoms. The summed E-state index contributed by atoms with van der Waals surface area (Å²) in [5, 5.41) is 8.86. The molecule has 0 atom stereocenters. The van der Waals surface area contributed by atoms with E-state index in [-0.39, 0.29) is 5.12 Å². The van der Waals surface area contributed by atoms with Crippen LogP contribution in [0.25, 0.3) is 5.57 Å². The maximum atomic E-state index is 11.3. The van der Waals surface area contributed by atoms with Gasteiger partial charge in [0, 0.05) is 5.75 Å². The van der Waals surface area contributed by atoms with Crippen molar-refractivity contribution in [3.05, 3.63) is 41.7 Å². The molecule has 0 bridgehead atoms. The zero-order chi connectivity index (χ0) is 9.26. The van der Waals surface area contributed by atoms with Gasteiger partial charge >= 0.3 is 0 Å². The quantitative estimate of drug-likeness (QED) is 0.506. The minimum atomic E-state index is -0.0544. The lowest BCUT2D eigenvalue weighted by atomic mass is 10.0. The molecule has 0 fully saturated rings. The first kappa shape index (κ1) is 8.38. The van der Waals surface area contributed by atoms with Crippen LogP contribution in [0.4, 0.5) is 0 Å². The number of rotatable bonds is 0. The molecule has 0 radical (unpaired) electrons. The van der Waals surface area contributed by atoms with Crippen LogP contribution in [0.2, 0.25) is 0 Å². The summed E-state index contributed by atoms with van der Waals surface area (Å²) in [7, 11) is 0. The fraction of sp³-hybridized carbons (Fsp3) is 0.100. The fourth-order valence-corrected chi connectivity index (χ4v) is 2.22. The van der Waals surface area contributed by atoms with Crippen LogP contribution in [-0.4, -0.2) is 10.2 Å². The van der Waals surface area contributed by atoms with Crippen LogP contribution in [-0.2, 0) is 10.5 Å². The maximum absolute atomic E-state index is 11.3. The van der Waals surface area contributed by atoms with Crippen LogP contribution in [0.3, 0.4) is 0 Å². The van der Waals surface area contributed by atoms with E-state index in [1.165, 1.54) is 11.8 Å². The Kier molecular flexibility index (Phi) is 2.10.